The van der Waals surface area contributed by atoms with Gasteiger partial charge in [-0.3, -0.25) is 0 Å². The van der Waals surface area contributed by atoms with Gasteiger partial charge in [0.15, 0.2) is 5.03 Å². The zero-order chi connectivity index (χ0) is 5.15. The molecule has 0 radical (unpaired) electrons. The first-order chi connectivity index (χ1) is 2.64. The van der Waals surface area contributed by atoms with Gasteiger partial charge in [-0.2, -0.15) is 0 Å². The summed E-state index contributed by atoms with van der Waals surface area (Å²) >= 11 is 2.88. The van der Waals surface area contributed by atoms with Crippen LogP contribution in [0.1, 0.15) is 0 Å². The number of hydrazine groups is 1. The molecular formula is H2N2O3S. The van der Waals surface area contributed by atoms with Crippen molar-refractivity contribution in [2.24, 2.45) is 0 Å². The lowest BCUT2D eigenvalue weighted by Crippen LogP contribution is -2.13. The maximum atomic E-state index is 9.10. The van der Waals surface area contributed by atoms with Crippen molar-refractivity contribution < 1.29 is 10.2 Å². The molecule has 0 atom stereocenters. The Labute approximate surface area is 38.8 Å². The Morgan fingerprint density at radius 1 is 2.00 bits per heavy atom. The number of hydrogen-bond donors (Lipinski definition) is 2. The highest BCUT2D eigenvalue weighted by Crippen LogP contribution is 1.80. The van der Waals surface area contributed by atoms with E-state index in [1.165, 1.54) is 0 Å². The molecule has 0 aromatic carbocycles. The monoisotopic (exact) mass is 110 g/mol. The van der Waals surface area contributed by atoms with Crippen molar-refractivity contribution in [1.82, 2.24) is 4.58 Å². The zero-order valence-electron chi connectivity index (χ0n) is 2.61. The molecule has 0 aromatic heterocycles. The Balaban J connectivity index is 3.26. The maximum absolute atomic E-state index is 9.10. The highest BCUT2D eigenvalue weighted by Gasteiger charge is 1.97. The van der Waals surface area contributed by atoms with E-state index in [1.54, 1.807) is 0 Å². The second kappa shape index (κ2) is 1.83. The summed E-state index contributed by atoms with van der Waals surface area (Å²) < 4.78 is -0.417. The standard InChI is InChI=1S/H2N2O3S/c3-1(4)2(5)6/h5-6H. The van der Waals surface area contributed by atoms with Crippen molar-refractivity contribution in [2.75, 3.05) is 0 Å². The van der Waals surface area contributed by atoms with Crippen LogP contribution in [0.15, 0.2) is 0 Å². The van der Waals surface area contributed by atoms with Gasteiger partial charge in [0.2, 0.25) is 0 Å². The lowest BCUT2D eigenvalue weighted by atomic mass is 12.6. The molecule has 0 aromatic rings. The van der Waals surface area contributed by atoms with E-state index in [1.807, 2.05) is 0 Å². The molecule has 0 unspecified atom stereocenters. The zero-order valence-corrected chi connectivity index (χ0v) is 3.50. The quantitative estimate of drug-likeness (QED) is 0.276. The number of thiol groups is 1. The predicted molar refractivity (Wildman–Crippen MR) is 19.6 cm³/mol. The van der Waals surface area contributed by atoms with Crippen molar-refractivity contribution in [1.29, 1.82) is 0 Å². The molecule has 6 heavy (non-hydrogen) atoms. The Bertz CT molecular complexity index is 59.8. The van der Waals surface area contributed by atoms with Crippen molar-refractivity contribution in [3.05, 3.63) is 10.1 Å². The molecule has 0 amide bonds. The summed E-state index contributed by atoms with van der Waals surface area (Å²) in [6.45, 7) is 0. The van der Waals surface area contributed by atoms with Crippen LogP contribution in [-0.4, -0.2) is 14.8 Å². The van der Waals surface area contributed by atoms with E-state index in [0.717, 1.165) is 0 Å². The topological polar surface area (TPSA) is 66.6 Å². The van der Waals surface area contributed by atoms with Crippen LogP contribution in [0.25, 0.3) is 0 Å². The number of nitrogens with zero attached hydrogens (tertiary/aromatic N) is 2. The molecule has 0 aliphatic rings. The highest BCUT2D eigenvalue weighted by molar-refractivity contribution is 7.77. The molecule has 0 spiro atoms. The maximum Gasteiger partial charge on any atom is 0.198 e. The van der Waals surface area contributed by atoms with Crippen LogP contribution in [0.2, 0.25) is 0 Å². The lowest BCUT2D eigenvalue weighted by molar-refractivity contribution is -0.684. The van der Waals surface area contributed by atoms with Crippen LogP contribution < -0.4 is 0 Å². The van der Waals surface area contributed by atoms with Crippen LogP contribution in [-0.2, 0) is 0 Å². The van der Waals surface area contributed by atoms with Gasteiger partial charge in [0, 0.05) is 12.8 Å². The average molecular weight is 110 g/mol. The third kappa shape index (κ3) is 1.79. The van der Waals surface area contributed by atoms with Gasteiger partial charge in [0.1, 0.15) is 0 Å². The molecule has 5 nitrogen and oxygen atoms in total. The predicted octanol–water partition coefficient (Wildman–Crippen LogP) is -0.286. The summed E-state index contributed by atoms with van der Waals surface area (Å²) in [4.78, 5) is 9.10. The molecule has 36 valence electrons. The van der Waals surface area contributed by atoms with Gasteiger partial charge >= 0.3 is 0 Å². The lowest BCUT2D eigenvalue weighted by Gasteiger charge is -1.89. The number of hydrogen-bond acceptors (Lipinski definition) is 4. The third-order valence-electron chi connectivity index (χ3n) is 0.146. The molecule has 6 heteroatoms. The second-order valence-electron chi connectivity index (χ2n) is 0.506. The minimum Gasteiger partial charge on any atom is -0.232 e. The Hall–Kier alpha value is -0.490. The van der Waals surface area contributed by atoms with E-state index in [0.29, 0.717) is 0 Å². The first kappa shape index (κ1) is 5.51. The Morgan fingerprint density at radius 2 is 2.17 bits per heavy atom. The van der Waals surface area contributed by atoms with Gasteiger partial charge in [-0.15, -0.1) is 0 Å². The Morgan fingerprint density at radius 3 is 2.17 bits per heavy atom. The van der Waals surface area contributed by atoms with Gasteiger partial charge in [-0.1, -0.05) is 0 Å². The molecule has 0 rings (SSSR count). The Kier molecular flexibility index (Phi) is 1.68. The third-order valence-corrected chi connectivity index (χ3v) is 0.292. The molecule has 0 saturated heterocycles. The largest absolute Gasteiger partial charge is 0.232 e. The van der Waals surface area contributed by atoms with Gasteiger partial charge in [-0.05, 0) is 0 Å². The van der Waals surface area contributed by atoms with E-state index < -0.39 is 9.61 Å². The van der Waals surface area contributed by atoms with Crippen LogP contribution in [0.5, 0.6) is 0 Å². The molecule has 0 aliphatic heterocycles. The molecule has 1 N–H and O–H groups in total. The van der Waals surface area contributed by atoms with Crippen LogP contribution >= 0.6 is 12.8 Å². The van der Waals surface area contributed by atoms with Gasteiger partial charge in [0.05, 0.1) is 4.58 Å². The molecule has 0 bridgehead atoms. The fraction of sp³-hybridized carbons (Fsp3) is 0. The molecular weight excluding hydrogens is 108 g/mol. The first-order valence-electron chi connectivity index (χ1n) is 0.965. The van der Waals surface area contributed by atoms with E-state index in [2.05, 4.69) is 12.8 Å². The average Bonchev–Trinajstić information content (AvgIpc) is 1.36. The van der Waals surface area contributed by atoms with Crippen molar-refractivity contribution in [2.45, 2.75) is 0 Å². The molecule has 0 heterocycles. The van der Waals surface area contributed by atoms with Crippen LogP contribution in [0.4, 0.5) is 0 Å². The van der Waals surface area contributed by atoms with E-state index in [-0.39, 0.29) is 0 Å². The van der Waals surface area contributed by atoms with Crippen molar-refractivity contribution in [3.63, 3.8) is 0 Å². The normalized spacial score (nSPS) is 7.67. The summed E-state index contributed by atoms with van der Waals surface area (Å²) in [6, 6.07) is 0. The van der Waals surface area contributed by atoms with Crippen molar-refractivity contribution >= 4 is 12.8 Å². The first-order valence-corrected chi connectivity index (χ1v) is 1.37. The van der Waals surface area contributed by atoms with Crippen molar-refractivity contribution in [3.8, 4) is 0 Å². The van der Waals surface area contributed by atoms with Gasteiger partial charge in [0.25, 0.3) is 0 Å². The van der Waals surface area contributed by atoms with Crippen LogP contribution in [0, 0.1) is 10.1 Å². The molecule has 0 aliphatic carbocycles. The minimum absolute atomic E-state index is 0.417. The second-order valence-corrected chi connectivity index (χ2v) is 0.864. The fourth-order valence-corrected chi connectivity index (χ4v) is 0. The van der Waals surface area contributed by atoms with E-state index in [9.17, 15) is 0 Å². The molecule has 0 fully saturated rings. The van der Waals surface area contributed by atoms with Gasteiger partial charge in [-0.25, -0.2) is 15.3 Å². The molecule has 0 saturated carbocycles. The summed E-state index contributed by atoms with van der Waals surface area (Å²) in [7, 11) is 0. The number of rotatable bonds is 1. The summed E-state index contributed by atoms with van der Waals surface area (Å²) in [5.41, 5.74) is 0. The number of nitro groups is 1. The van der Waals surface area contributed by atoms with E-state index in [4.69, 9.17) is 15.3 Å². The smallest absolute Gasteiger partial charge is 0.198 e. The summed E-state index contributed by atoms with van der Waals surface area (Å²) in [5, 5.41) is 15.7. The summed E-state index contributed by atoms with van der Waals surface area (Å²) in [6.07, 6.45) is 0. The van der Waals surface area contributed by atoms with Crippen LogP contribution in [0.3, 0.4) is 0 Å². The fourth-order valence-electron chi connectivity index (χ4n) is 0. The van der Waals surface area contributed by atoms with Gasteiger partial charge < -0.3 is 0 Å². The highest BCUT2D eigenvalue weighted by atomic mass is 32.1. The van der Waals surface area contributed by atoms with E-state index >= 15 is 0 Å². The minimum atomic E-state index is -1.08. The summed E-state index contributed by atoms with van der Waals surface area (Å²) in [5.74, 6) is 0. The SMILES string of the molecule is O=[N+]([O-])N(O)S.